The van der Waals surface area contributed by atoms with Crippen molar-refractivity contribution in [1.29, 1.82) is 0 Å². The lowest BCUT2D eigenvalue weighted by Crippen LogP contribution is -2.02. The quantitative estimate of drug-likeness (QED) is 0.196. The predicted octanol–water partition coefficient (Wildman–Crippen LogP) is 11.9. The molecular weight excluding hydrogens is 581 g/mol. The summed E-state index contributed by atoms with van der Waals surface area (Å²) < 4.78 is 0. The summed E-state index contributed by atoms with van der Waals surface area (Å²) in [6.07, 6.45) is 0. The summed E-state index contributed by atoms with van der Waals surface area (Å²) in [5.74, 6) is 0.101. The fraction of sp³-hybridized carbons (Fsp3) is 0. The van der Waals surface area contributed by atoms with Gasteiger partial charge in [-0.2, -0.15) is 0 Å². The third-order valence-corrected chi connectivity index (χ3v) is 10.7. The highest BCUT2D eigenvalue weighted by Crippen LogP contribution is 2.58. The molecule has 0 fully saturated rings. The van der Waals surface area contributed by atoms with Crippen molar-refractivity contribution in [2.45, 2.75) is 0 Å². The van der Waals surface area contributed by atoms with Gasteiger partial charge in [-0.1, -0.05) is 146 Å². The van der Waals surface area contributed by atoms with Crippen molar-refractivity contribution in [3.05, 3.63) is 180 Å². The summed E-state index contributed by atoms with van der Waals surface area (Å²) in [6, 6.07) is 56.3. The van der Waals surface area contributed by atoms with E-state index in [0.29, 0.717) is 0 Å². The highest BCUT2D eigenvalue weighted by Gasteiger charge is 2.40. The third kappa shape index (κ3) is 3.27. The van der Waals surface area contributed by atoms with Crippen molar-refractivity contribution in [3.63, 3.8) is 0 Å². The minimum atomic E-state index is 0.101. The van der Waals surface area contributed by atoms with Crippen molar-refractivity contribution < 1.29 is 4.79 Å². The molecular formula is C47H26O. The van der Waals surface area contributed by atoms with Crippen LogP contribution in [0.2, 0.25) is 0 Å². The van der Waals surface area contributed by atoms with E-state index in [2.05, 4.69) is 121 Å². The van der Waals surface area contributed by atoms with E-state index in [9.17, 15) is 4.79 Å². The van der Waals surface area contributed by atoms with E-state index in [1.807, 2.05) is 36.4 Å². The van der Waals surface area contributed by atoms with Crippen molar-refractivity contribution in [2.75, 3.05) is 0 Å². The average molecular weight is 607 g/mol. The van der Waals surface area contributed by atoms with E-state index in [1.165, 1.54) is 65.7 Å². The van der Waals surface area contributed by atoms with Crippen molar-refractivity contribution in [2.24, 2.45) is 0 Å². The van der Waals surface area contributed by atoms with Crippen LogP contribution in [0.15, 0.2) is 158 Å². The highest BCUT2D eigenvalue weighted by atomic mass is 16.1. The number of ketones is 1. The zero-order chi connectivity index (χ0) is 31.5. The van der Waals surface area contributed by atoms with Crippen LogP contribution in [0.5, 0.6) is 0 Å². The zero-order valence-electron chi connectivity index (χ0n) is 25.9. The molecule has 0 N–H and O–H groups in total. The molecule has 48 heavy (non-hydrogen) atoms. The molecule has 1 nitrogen and oxygen atoms in total. The van der Waals surface area contributed by atoms with Crippen LogP contribution in [0.25, 0.3) is 88.0 Å². The molecule has 0 heterocycles. The lowest BCUT2D eigenvalue weighted by atomic mass is 9.88. The van der Waals surface area contributed by atoms with Crippen LogP contribution >= 0.6 is 0 Å². The summed E-state index contributed by atoms with van der Waals surface area (Å²) in [5.41, 5.74) is 15.6. The van der Waals surface area contributed by atoms with E-state index in [1.54, 1.807) is 0 Å². The van der Waals surface area contributed by atoms with E-state index in [4.69, 9.17) is 0 Å². The Morgan fingerprint density at radius 2 is 0.708 bits per heavy atom. The Morgan fingerprint density at radius 1 is 0.292 bits per heavy atom. The lowest BCUT2D eigenvalue weighted by Gasteiger charge is -2.14. The molecule has 0 unspecified atom stereocenters. The predicted molar refractivity (Wildman–Crippen MR) is 200 cm³/mol. The number of rotatable bonds is 3. The molecule has 8 aromatic rings. The number of allylic oxidation sites excluding steroid dienone is 4. The van der Waals surface area contributed by atoms with Crippen molar-refractivity contribution in [1.82, 2.24) is 0 Å². The van der Waals surface area contributed by atoms with E-state index in [-0.39, 0.29) is 5.78 Å². The molecule has 1 heteroatoms. The first-order valence-electron chi connectivity index (χ1n) is 16.6. The maximum Gasteiger partial charge on any atom is 0.195 e. The van der Waals surface area contributed by atoms with Crippen LogP contribution in [0.1, 0.15) is 22.3 Å². The van der Waals surface area contributed by atoms with E-state index >= 15 is 0 Å². The Labute approximate surface area is 277 Å². The second-order valence-electron chi connectivity index (χ2n) is 13.1. The minimum Gasteiger partial charge on any atom is -0.289 e. The van der Waals surface area contributed by atoms with Gasteiger partial charge in [-0.15, -0.1) is 0 Å². The van der Waals surface area contributed by atoms with Crippen LogP contribution in [0, 0.1) is 0 Å². The minimum absolute atomic E-state index is 0.101. The smallest absolute Gasteiger partial charge is 0.195 e. The van der Waals surface area contributed by atoms with Gasteiger partial charge < -0.3 is 0 Å². The summed E-state index contributed by atoms with van der Waals surface area (Å²) in [4.78, 5) is 14.4. The van der Waals surface area contributed by atoms with Gasteiger partial charge in [0.05, 0.1) is 0 Å². The second-order valence-corrected chi connectivity index (χ2v) is 13.1. The van der Waals surface area contributed by atoms with E-state index in [0.717, 1.165) is 44.5 Å². The molecule has 0 bridgehead atoms. The summed E-state index contributed by atoms with van der Waals surface area (Å²) in [5, 5.41) is 7.58. The van der Waals surface area contributed by atoms with Gasteiger partial charge in [0.1, 0.15) is 0 Å². The lowest BCUT2D eigenvalue weighted by molar-refractivity contribution is -0.108. The van der Waals surface area contributed by atoms with Crippen LogP contribution in [0.3, 0.4) is 0 Å². The van der Waals surface area contributed by atoms with Gasteiger partial charge in [-0.25, -0.2) is 0 Å². The number of benzene rings is 8. The highest BCUT2D eigenvalue weighted by molar-refractivity contribution is 6.61. The number of carbonyl (C=O) groups is 1. The molecule has 3 aliphatic carbocycles. The molecule has 3 aliphatic rings. The number of hydrogen-bond acceptors (Lipinski definition) is 1. The second kappa shape index (κ2) is 9.37. The normalized spacial score (nSPS) is 14.1. The zero-order valence-corrected chi connectivity index (χ0v) is 25.9. The van der Waals surface area contributed by atoms with Gasteiger partial charge in [-0.3, -0.25) is 4.79 Å². The maximum atomic E-state index is 14.4. The van der Waals surface area contributed by atoms with Crippen LogP contribution < -0.4 is 0 Å². The summed E-state index contributed by atoms with van der Waals surface area (Å²) in [6.45, 7) is 0. The number of hydrogen-bond donors (Lipinski definition) is 0. The van der Waals surface area contributed by atoms with Crippen molar-refractivity contribution in [3.8, 4) is 33.4 Å². The molecule has 8 aromatic carbocycles. The molecule has 11 rings (SSSR count). The Kier molecular flexibility index (Phi) is 5.05. The number of Topliss-reactive ketones (excluding diaryl/α,β-unsaturated/α-hetero) is 1. The molecule has 0 saturated carbocycles. The largest absolute Gasteiger partial charge is 0.289 e. The summed E-state index contributed by atoms with van der Waals surface area (Å²) >= 11 is 0. The molecule has 220 valence electrons. The fourth-order valence-electron chi connectivity index (χ4n) is 8.74. The molecule has 0 spiro atoms. The Morgan fingerprint density at radius 3 is 1.27 bits per heavy atom. The van der Waals surface area contributed by atoms with Gasteiger partial charge in [0.2, 0.25) is 0 Å². The molecule has 0 saturated heterocycles. The van der Waals surface area contributed by atoms with Crippen LogP contribution in [0.4, 0.5) is 0 Å². The molecule has 0 radical (unpaired) electrons. The van der Waals surface area contributed by atoms with Gasteiger partial charge in [-0.05, 0) is 100 Å². The third-order valence-electron chi connectivity index (χ3n) is 10.7. The van der Waals surface area contributed by atoms with Gasteiger partial charge in [0.25, 0.3) is 0 Å². The number of fused-ring (bicyclic) bond motifs is 7. The maximum absolute atomic E-state index is 14.4. The van der Waals surface area contributed by atoms with Gasteiger partial charge >= 0.3 is 0 Å². The topological polar surface area (TPSA) is 17.1 Å². The van der Waals surface area contributed by atoms with Crippen LogP contribution in [-0.4, -0.2) is 5.78 Å². The van der Waals surface area contributed by atoms with Crippen LogP contribution in [-0.2, 0) is 4.79 Å². The van der Waals surface area contributed by atoms with E-state index < -0.39 is 0 Å². The SMILES string of the molecule is O=C1C(c2ccccc2)=C2C(=C1c1ccccc1)c1ccc(-c3ccc4c5c(cccc35)-c3cc5ccccc5cc3-4)c3cccc2c13. The molecule has 0 atom stereocenters. The molecule has 0 aliphatic heterocycles. The summed E-state index contributed by atoms with van der Waals surface area (Å²) in [7, 11) is 0. The first kappa shape index (κ1) is 25.8. The first-order chi connectivity index (χ1) is 23.8. The van der Waals surface area contributed by atoms with Gasteiger partial charge in [0.15, 0.2) is 5.78 Å². The Hall–Kier alpha value is -6.31. The Bertz CT molecular complexity index is 2690. The Balaban J connectivity index is 1.18. The number of carbonyl (C=O) groups excluding carboxylic acids is 1. The molecule has 0 amide bonds. The van der Waals surface area contributed by atoms with Gasteiger partial charge in [0, 0.05) is 22.3 Å². The first-order valence-corrected chi connectivity index (χ1v) is 16.6. The van der Waals surface area contributed by atoms with Crippen molar-refractivity contribution >= 4 is 60.4 Å². The monoisotopic (exact) mass is 606 g/mol. The molecule has 0 aromatic heterocycles. The fourth-order valence-corrected chi connectivity index (χ4v) is 8.74. The average Bonchev–Trinajstić information content (AvgIpc) is 3.75. The standard InChI is InChI=1S/C47H26O/c48-47-41(27-11-3-1-4-12-27)45-37-20-10-18-34-32(22-24-38(44(34)37)46(45)42(47)28-13-5-2-6-14-28)31-21-23-36-40-26-30-16-8-7-15-29(30)25-39(40)35-19-9-17-33(31)43(35)36/h1-26H.